The number of primary sulfonamides is 1. The van der Waals surface area contributed by atoms with Crippen LogP contribution in [-0.4, -0.2) is 20.7 Å². The Morgan fingerprint density at radius 3 is 2.44 bits per heavy atom. The van der Waals surface area contributed by atoms with Gasteiger partial charge < -0.3 is 5.32 Å². The van der Waals surface area contributed by atoms with Crippen molar-refractivity contribution in [3.63, 3.8) is 0 Å². The number of halogens is 1. The van der Waals surface area contributed by atoms with E-state index in [0.29, 0.717) is 13.0 Å². The molecule has 0 bridgehead atoms. The number of rotatable bonds is 7. The molecule has 0 heterocycles. The predicted molar refractivity (Wildman–Crippen MR) is 70.0 cm³/mol. The maximum atomic E-state index is 12.8. The second-order valence-electron chi connectivity index (χ2n) is 4.19. The molecule has 1 atom stereocenters. The van der Waals surface area contributed by atoms with Gasteiger partial charge in [0.2, 0.25) is 10.0 Å². The molecule has 0 saturated carbocycles. The van der Waals surface area contributed by atoms with Crippen molar-refractivity contribution < 1.29 is 12.8 Å². The van der Waals surface area contributed by atoms with E-state index in [-0.39, 0.29) is 17.6 Å². The molecular weight excluding hydrogens is 255 g/mol. The van der Waals surface area contributed by atoms with Gasteiger partial charge >= 0.3 is 0 Å². The molecule has 1 aromatic rings. The van der Waals surface area contributed by atoms with E-state index in [9.17, 15) is 12.8 Å². The third-order valence-electron chi connectivity index (χ3n) is 2.68. The van der Waals surface area contributed by atoms with Crippen LogP contribution in [0.25, 0.3) is 0 Å². The van der Waals surface area contributed by atoms with E-state index in [1.165, 1.54) is 12.1 Å². The molecular formula is C12H19FN2O2S. The van der Waals surface area contributed by atoms with E-state index in [4.69, 9.17) is 5.14 Å². The molecule has 3 N–H and O–H groups in total. The van der Waals surface area contributed by atoms with Crippen LogP contribution in [0.3, 0.4) is 0 Å². The summed E-state index contributed by atoms with van der Waals surface area (Å²) in [5, 5.41) is 8.15. The molecule has 1 rings (SSSR count). The van der Waals surface area contributed by atoms with Crippen LogP contribution < -0.4 is 10.5 Å². The van der Waals surface area contributed by atoms with Gasteiger partial charge in [-0.15, -0.1) is 0 Å². The van der Waals surface area contributed by atoms with Crippen LogP contribution in [0.1, 0.15) is 31.4 Å². The highest BCUT2D eigenvalue weighted by molar-refractivity contribution is 7.89. The van der Waals surface area contributed by atoms with E-state index >= 15 is 0 Å². The molecule has 1 aromatic carbocycles. The summed E-state index contributed by atoms with van der Waals surface area (Å²) < 4.78 is 34.3. The van der Waals surface area contributed by atoms with Gasteiger partial charge in [-0.2, -0.15) is 0 Å². The second-order valence-corrected chi connectivity index (χ2v) is 5.92. The average Bonchev–Trinajstić information content (AvgIpc) is 2.29. The lowest BCUT2D eigenvalue weighted by Crippen LogP contribution is -2.25. The number of nitrogens with one attached hydrogen (secondary N) is 1. The van der Waals surface area contributed by atoms with Gasteiger partial charge in [0, 0.05) is 6.04 Å². The zero-order valence-electron chi connectivity index (χ0n) is 10.4. The molecule has 0 radical (unpaired) electrons. The predicted octanol–water partition coefficient (Wildman–Crippen LogP) is 1.54. The molecule has 18 heavy (non-hydrogen) atoms. The van der Waals surface area contributed by atoms with Crippen molar-refractivity contribution in [2.45, 2.75) is 25.8 Å². The van der Waals surface area contributed by atoms with E-state index in [1.807, 2.05) is 6.92 Å². The largest absolute Gasteiger partial charge is 0.310 e. The normalized spacial score (nSPS) is 13.5. The van der Waals surface area contributed by atoms with Crippen molar-refractivity contribution in [1.82, 2.24) is 5.32 Å². The molecule has 0 aliphatic rings. The van der Waals surface area contributed by atoms with Gasteiger partial charge in [-0.3, -0.25) is 0 Å². The molecule has 1 unspecified atom stereocenters. The molecule has 6 heteroatoms. The van der Waals surface area contributed by atoms with Gasteiger partial charge in [-0.1, -0.05) is 19.1 Å². The Bertz CT molecular complexity index is 459. The molecule has 102 valence electrons. The lowest BCUT2D eigenvalue weighted by atomic mass is 10.0. The molecule has 0 aliphatic heterocycles. The molecule has 0 saturated heterocycles. The summed E-state index contributed by atoms with van der Waals surface area (Å²) >= 11 is 0. The van der Waals surface area contributed by atoms with Gasteiger partial charge in [0.05, 0.1) is 5.75 Å². The topological polar surface area (TPSA) is 72.2 Å². The molecule has 0 aliphatic carbocycles. The summed E-state index contributed by atoms with van der Waals surface area (Å²) in [5.41, 5.74) is 0.995. The van der Waals surface area contributed by atoms with Crippen LogP contribution in [0.15, 0.2) is 24.3 Å². The Morgan fingerprint density at radius 2 is 1.94 bits per heavy atom. The van der Waals surface area contributed by atoms with Crippen molar-refractivity contribution in [1.29, 1.82) is 0 Å². The Hall–Kier alpha value is -0.980. The minimum absolute atomic E-state index is 0.0279. The molecule has 0 aromatic heterocycles. The van der Waals surface area contributed by atoms with Crippen molar-refractivity contribution in [3.05, 3.63) is 35.6 Å². The first-order chi connectivity index (χ1) is 8.42. The SMILES string of the molecule is CCC(NCCCS(N)(=O)=O)c1ccc(F)cc1. The molecule has 0 spiro atoms. The first-order valence-electron chi connectivity index (χ1n) is 5.91. The van der Waals surface area contributed by atoms with Crippen LogP contribution >= 0.6 is 0 Å². The van der Waals surface area contributed by atoms with Crippen molar-refractivity contribution in [2.24, 2.45) is 5.14 Å². The third-order valence-corrected chi connectivity index (χ3v) is 3.53. The number of sulfonamides is 1. The van der Waals surface area contributed by atoms with Gasteiger partial charge in [-0.05, 0) is 37.1 Å². The highest BCUT2D eigenvalue weighted by Crippen LogP contribution is 2.16. The summed E-state index contributed by atoms with van der Waals surface area (Å²) in [7, 11) is -3.39. The first-order valence-corrected chi connectivity index (χ1v) is 7.63. The van der Waals surface area contributed by atoms with Gasteiger partial charge in [0.1, 0.15) is 5.82 Å². The minimum atomic E-state index is -3.39. The van der Waals surface area contributed by atoms with E-state index in [2.05, 4.69) is 5.32 Å². The van der Waals surface area contributed by atoms with Crippen molar-refractivity contribution in [2.75, 3.05) is 12.3 Å². The van der Waals surface area contributed by atoms with Crippen molar-refractivity contribution in [3.8, 4) is 0 Å². The minimum Gasteiger partial charge on any atom is -0.310 e. The summed E-state index contributed by atoms with van der Waals surface area (Å²) in [6.45, 7) is 2.58. The molecule has 0 amide bonds. The monoisotopic (exact) mass is 274 g/mol. The van der Waals surface area contributed by atoms with Gasteiger partial charge in [0.15, 0.2) is 0 Å². The standard InChI is InChI=1S/C12H19FN2O2S/c1-2-12(10-4-6-11(13)7-5-10)15-8-3-9-18(14,16)17/h4-7,12,15H,2-3,8-9H2,1H3,(H2,14,16,17). The quantitative estimate of drug-likeness (QED) is 0.741. The fraction of sp³-hybridized carbons (Fsp3) is 0.500. The van der Waals surface area contributed by atoms with E-state index in [1.54, 1.807) is 12.1 Å². The number of nitrogens with two attached hydrogens (primary N) is 1. The maximum Gasteiger partial charge on any atom is 0.209 e. The van der Waals surface area contributed by atoms with Crippen LogP contribution in [0.4, 0.5) is 4.39 Å². The number of benzene rings is 1. The highest BCUT2D eigenvalue weighted by atomic mass is 32.2. The van der Waals surface area contributed by atoms with E-state index < -0.39 is 10.0 Å². The van der Waals surface area contributed by atoms with Gasteiger partial charge in [0.25, 0.3) is 0 Å². The second kappa shape index (κ2) is 6.82. The highest BCUT2D eigenvalue weighted by Gasteiger charge is 2.09. The fourth-order valence-electron chi connectivity index (χ4n) is 1.74. The fourth-order valence-corrected chi connectivity index (χ4v) is 2.29. The zero-order chi connectivity index (χ0) is 13.6. The Morgan fingerprint density at radius 1 is 1.33 bits per heavy atom. The van der Waals surface area contributed by atoms with Crippen LogP contribution in [0, 0.1) is 5.82 Å². The lowest BCUT2D eigenvalue weighted by Gasteiger charge is -2.17. The van der Waals surface area contributed by atoms with Crippen LogP contribution in [0.2, 0.25) is 0 Å². The van der Waals surface area contributed by atoms with Crippen molar-refractivity contribution >= 4 is 10.0 Å². The Balaban J connectivity index is 2.45. The lowest BCUT2D eigenvalue weighted by molar-refractivity contribution is 0.514. The molecule has 4 nitrogen and oxygen atoms in total. The zero-order valence-corrected chi connectivity index (χ0v) is 11.2. The smallest absolute Gasteiger partial charge is 0.209 e. The summed E-state index contributed by atoms with van der Waals surface area (Å²) in [4.78, 5) is 0. The maximum absolute atomic E-state index is 12.8. The number of hydrogen-bond acceptors (Lipinski definition) is 3. The Kier molecular flexibility index (Phi) is 5.71. The number of hydrogen-bond donors (Lipinski definition) is 2. The van der Waals surface area contributed by atoms with E-state index in [0.717, 1.165) is 12.0 Å². The van der Waals surface area contributed by atoms with Crippen LogP contribution in [0.5, 0.6) is 0 Å². The summed E-state index contributed by atoms with van der Waals surface area (Å²) in [6, 6.07) is 6.41. The molecule has 0 fully saturated rings. The summed E-state index contributed by atoms with van der Waals surface area (Å²) in [5.74, 6) is -0.289. The average molecular weight is 274 g/mol. The first kappa shape index (κ1) is 15.1. The summed E-state index contributed by atoms with van der Waals surface area (Å²) in [6.07, 6.45) is 1.32. The van der Waals surface area contributed by atoms with Gasteiger partial charge in [-0.25, -0.2) is 17.9 Å². The Labute approximate surface area is 107 Å². The van der Waals surface area contributed by atoms with Crippen LogP contribution in [-0.2, 0) is 10.0 Å². The third kappa shape index (κ3) is 5.57.